The molecule has 2 aromatic rings. The van der Waals surface area contributed by atoms with Crippen LogP contribution in [0.5, 0.6) is 5.75 Å². The van der Waals surface area contributed by atoms with Gasteiger partial charge in [0.1, 0.15) is 11.5 Å². The van der Waals surface area contributed by atoms with Crippen molar-refractivity contribution in [2.24, 2.45) is 0 Å². The van der Waals surface area contributed by atoms with E-state index >= 15 is 0 Å². The summed E-state index contributed by atoms with van der Waals surface area (Å²) in [7, 11) is -3.22. The van der Waals surface area contributed by atoms with Gasteiger partial charge in [0.2, 0.25) is 0 Å². The highest BCUT2D eigenvalue weighted by Gasteiger charge is 2.14. The number of phenols is 1. The maximum Gasteiger partial charge on any atom is 0.258 e. The molecule has 96 valence electrons. The first-order chi connectivity index (χ1) is 8.35. The van der Waals surface area contributed by atoms with Crippen molar-refractivity contribution in [3.63, 3.8) is 0 Å². The summed E-state index contributed by atoms with van der Waals surface area (Å²) in [6, 6.07) is 4.45. The fourth-order valence-corrected chi connectivity index (χ4v) is 1.93. The number of nitrogens with zero attached hydrogens (tertiary/aromatic N) is 2. The molecule has 1 aromatic heterocycles. The van der Waals surface area contributed by atoms with Crippen LogP contribution in [-0.2, 0) is 15.6 Å². The van der Waals surface area contributed by atoms with E-state index in [0.717, 1.165) is 6.26 Å². The summed E-state index contributed by atoms with van der Waals surface area (Å²) in [6.07, 6.45) is 1.08. The lowest BCUT2D eigenvalue weighted by Crippen LogP contribution is -2.02. The molecule has 7 nitrogen and oxygen atoms in total. The number of nitrogen functional groups attached to an aromatic ring is 1. The summed E-state index contributed by atoms with van der Waals surface area (Å²) in [4.78, 5) is 3.93. The summed E-state index contributed by atoms with van der Waals surface area (Å²) < 4.78 is 27.0. The zero-order valence-corrected chi connectivity index (χ0v) is 10.3. The summed E-state index contributed by atoms with van der Waals surface area (Å²) in [5.74, 6) is -0.194. The fourth-order valence-electron chi connectivity index (χ4n) is 1.34. The van der Waals surface area contributed by atoms with Crippen molar-refractivity contribution < 1.29 is 18.0 Å². The lowest BCUT2D eigenvalue weighted by molar-refractivity contribution is 0.424. The molecule has 3 N–H and O–H groups in total. The minimum absolute atomic E-state index is 0.0730. The third-order valence-corrected chi connectivity index (χ3v) is 2.92. The molecule has 0 aliphatic heterocycles. The Hall–Kier alpha value is -2.09. The SMILES string of the molecule is CS(=O)(=O)Cc1noc(-c2ccc(N)c(O)c2)n1. The van der Waals surface area contributed by atoms with Crippen molar-refractivity contribution in [1.29, 1.82) is 0 Å². The Balaban J connectivity index is 2.32. The summed E-state index contributed by atoms with van der Waals surface area (Å²) >= 11 is 0. The van der Waals surface area contributed by atoms with Gasteiger partial charge in [-0.25, -0.2) is 8.42 Å². The Morgan fingerprint density at radius 3 is 2.78 bits per heavy atom. The molecule has 0 atom stereocenters. The predicted octanol–water partition coefficient (Wildman–Crippen LogP) is 0.569. The van der Waals surface area contributed by atoms with Crippen molar-refractivity contribution in [2.75, 3.05) is 12.0 Å². The van der Waals surface area contributed by atoms with Crippen molar-refractivity contribution in [3.05, 3.63) is 24.0 Å². The molecular formula is C10H11N3O4S. The molecular weight excluding hydrogens is 258 g/mol. The molecule has 0 saturated heterocycles. The molecule has 0 fully saturated rings. The molecule has 0 aliphatic rings. The van der Waals surface area contributed by atoms with E-state index in [1.54, 1.807) is 6.07 Å². The zero-order valence-electron chi connectivity index (χ0n) is 9.49. The number of anilines is 1. The third kappa shape index (κ3) is 2.77. The van der Waals surface area contributed by atoms with Crippen molar-refractivity contribution in [2.45, 2.75) is 5.75 Å². The molecule has 2 rings (SSSR count). The number of phenolic OH excluding ortho intramolecular Hbond substituents is 1. The van der Waals surface area contributed by atoms with Crippen molar-refractivity contribution in [1.82, 2.24) is 10.1 Å². The monoisotopic (exact) mass is 269 g/mol. The van der Waals surface area contributed by atoms with Crippen molar-refractivity contribution in [3.8, 4) is 17.2 Å². The highest BCUT2D eigenvalue weighted by Crippen LogP contribution is 2.26. The highest BCUT2D eigenvalue weighted by molar-refractivity contribution is 7.89. The van der Waals surface area contributed by atoms with E-state index in [-0.39, 0.29) is 28.9 Å². The van der Waals surface area contributed by atoms with E-state index < -0.39 is 9.84 Å². The number of aromatic nitrogens is 2. The van der Waals surface area contributed by atoms with Gasteiger partial charge in [0.05, 0.1) is 5.69 Å². The second-order valence-electron chi connectivity index (χ2n) is 3.86. The van der Waals surface area contributed by atoms with E-state index in [0.29, 0.717) is 5.56 Å². The summed E-state index contributed by atoms with van der Waals surface area (Å²) in [5, 5.41) is 13.0. The van der Waals surface area contributed by atoms with Crippen LogP contribution in [0.25, 0.3) is 11.5 Å². The molecule has 1 heterocycles. The predicted molar refractivity (Wildman–Crippen MR) is 64.4 cm³/mol. The molecule has 0 bridgehead atoms. The molecule has 0 saturated carbocycles. The van der Waals surface area contributed by atoms with Gasteiger partial charge < -0.3 is 15.4 Å². The normalized spacial score (nSPS) is 11.6. The maximum atomic E-state index is 11.1. The van der Waals surface area contributed by atoms with Gasteiger partial charge in [-0.2, -0.15) is 4.98 Å². The van der Waals surface area contributed by atoms with Gasteiger partial charge in [-0.15, -0.1) is 0 Å². The van der Waals surface area contributed by atoms with Gasteiger partial charge >= 0.3 is 0 Å². The lowest BCUT2D eigenvalue weighted by Gasteiger charge is -1.99. The van der Waals surface area contributed by atoms with E-state index in [2.05, 4.69) is 10.1 Å². The van der Waals surface area contributed by atoms with Crippen LogP contribution >= 0.6 is 0 Å². The molecule has 0 unspecified atom stereocenters. The molecule has 0 amide bonds. The quantitative estimate of drug-likeness (QED) is 0.617. The first-order valence-electron chi connectivity index (χ1n) is 4.94. The number of sulfone groups is 1. The molecule has 1 aromatic carbocycles. The minimum atomic E-state index is -3.22. The Labute approximate surface area is 103 Å². The van der Waals surface area contributed by atoms with Crippen LogP contribution in [0.2, 0.25) is 0 Å². The Morgan fingerprint density at radius 1 is 1.44 bits per heavy atom. The summed E-state index contributed by atoms with van der Waals surface area (Å²) in [5.41, 5.74) is 6.16. The van der Waals surface area contributed by atoms with Gasteiger partial charge in [0.25, 0.3) is 5.89 Å². The Bertz CT molecular complexity index is 678. The lowest BCUT2D eigenvalue weighted by atomic mass is 10.2. The maximum absolute atomic E-state index is 11.1. The average molecular weight is 269 g/mol. The van der Waals surface area contributed by atoms with E-state index in [1.165, 1.54) is 12.1 Å². The van der Waals surface area contributed by atoms with E-state index in [9.17, 15) is 13.5 Å². The number of benzene rings is 1. The number of hydrogen-bond donors (Lipinski definition) is 2. The van der Waals surface area contributed by atoms with E-state index in [4.69, 9.17) is 10.3 Å². The first-order valence-corrected chi connectivity index (χ1v) is 7.00. The zero-order chi connectivity index (χ0) is 13.3. The minimum Gasteiger partial charge on any atom is -0.506 e. The van der Waals surface area contributed by atoms with Crippen LogP contribution < -0.4 is 5.73 Å². The van der Waals surface area contributed by atoms with Crippen molar-refractivity contribution >= 4 is 15.5 Å². The Morgan fingerprint density at radius 2 is 2.17 bits per heavy atom. The molecule has 0 aliphatic carbocycles. The number of rotatable bonds is 3. The molecule has 0 radical (unpaired) electrons. The van der Waals surface area contributed by atoms with Gasteiger partial charge in [0, 0.05) is 11.8 Å². The number of aromatic hydroxyl groups is 1. The summed E-state index contributed by atoms with van der Waals surface area (Å²) in [6.45, 7) is 0. The van der Waals surface area contributed by atoms with Crippen LogP contribution in [-0.4, -0.2) is 29.9 Å². The number of hydrogen-bond acceptors (Lipinski definition) is 7. The second kappa shape index (κ2) is 4.30. The molecule has 0 spiro atoms. The van der Waals surface area contributed by atoms with Gasteiger partial charge in [0.15, 0.2) is 15.7 Å². The topological polar surface area (TPSA) is 119 Å². The highest BCUT2D eigenvalue weighted by atomic mass is 32.2. The van der Waals surface area contributed by atoms with Crippen LogP contribution in [0.15, 0.2) is 22.7 Å². The largest absolute Gasteiger partial charge is 0.506 e. The Kier molecular flexibility index (Phi) is 2.95. The van der Waals surface area contributed by atoms with Crippen LogP contribution in [0, 0.1) is 0 Å². The van der Waals surface area contributed by atoms with Gasteiger partial charge in [-0.05, 0) is 18.2 Å². The van der Waals surface area contributed by atoms with Crippen LogP contribution in [0.4, 0.5) is 5.69 Å². The van der Waals surface area contributed by atoms with Gasteiger partial charge in [-0.3, -0.25) is 0 Å². The number of nitrogens with two attached hydrogens (primary N) is 1. The van der Waals surface area contributed by atoms with E-state index in [1.807, 2.05) is 0 Å². The third-order valence-electron chi connectivity index (χ3n) is 2.14. The molecule has 8 heteroatoms. The smallest absolute Gasteiger partial charge is 0.258 e. The second-order valence-corrected chi connectivity index (χ2v) is 6.00. The molecule has 18 heavy (non-hydrogen) atoms. The average Bonchev–Trinajstić information content (AvgIpc) is 2.68. The first kappa shape index (κ1) is 12.4. The van der Waals surface area contributed by atoms with Gasteiger partial charge in [-0.1, -0.05) is 5.16 Å². The van der Waals surface area contributed by atoms with Crippen LogP contribution in [0.3, 0.4) is 0 Å². The van der Waals surface area contributed by atoms with Crippen LogP contribution in [0.1, 0.15) is 5.82 Å². The fraction of sp³-hybridized carbons (Fsp3) is 0.200. The standard InChI is InChI=1S/C10H11N3O4S/c1-18(15,16)5-9-12-10(17-13-9)6-2-3-7(11)8(14)4-6/h2-4,14H,5,11H2,1H3.